The second-order valence-electron chi connectivity index (χ2n) is 3.59. The van der Waals surface area contributed by atoms with E-state index >= 15 is 0 Å². The molecule has 0 saturated carbocycles. The van der Waals surface area contributed by atoms with Crippen molar-refractivity contribution in [1.82, 2.24) is 0 Å². The Morgan fingerprint density at radius 1 is 1.25 bits per heavy atom. The fraction of sp³-hybridized carbons (Fsp3) is 0.357. The summed E-state index contributed by atoms with van der Waals surface area (Å²) in [4.78, 5) is 11.4. The number of alkyl halides is 1. The zero-order valence-corrected chi connectivity index (χ0v) is 13.2. The first-order valence-corrected chi connectivity index (χ1v) is 7.10. The van der Waals surface area contributed by atoms with Gasteiger partial charge in [0.25, 0.3) is 0 Å². The van der Waals surface area contributed by atoms with Crippen molar-refractivity contribution in [2.75, 3.05) is 26.2 Å². The van der Waals surface area contributed by atoms with Crippen LogP contribution >= 0.6 is 15.9 Å². The molecule has 0 unspecified atom stereocenters. The van der Waals surface area contributed by atoms with Gasteiger partial charge < -0.3 is 18.9 Å². The summed E-state index contributed by atoms with van der Waals surface area (Å²) in [5.74, 6) is 1.43. The molecule has 0 aliphatic rings. The normalized spacial score (nSPS) is 10.9. The average Bonchev–Trinajstić information content (AvgIpc) is 2.46. The lowest BCUT2D eigenvalue weighted by Gasteiger charge is -2.14. The molecule has 1 aromatic carbocycles. The van der Waals surface area contributed by atoms with Crippen LogP contribution in [0.25, 0.3) is 0 Å². The number of hydrogen-bond donors (Lipinski definition) is 0. The summed E-state index contributed by atoms with van der Waals surface area (Å²) in [5.41, 5.74) is 0. The van der Waals surface area contributed by atoms with Crippen LogP contribution in [0, 0.1) is 0 Å². The van der Waals surface area contributed by atoms with Crippen LogP contribution in [0.5, 0.6) is 17.2 Å². The van der Waals surface area contributed by atoms with Crippen LogP contribution in [0.2, 0.25) is 0 Å². The lowest BCUT2D eigenvalue weighted by Crippen LogP contribution is -2.06. The molecule has 0 saturated heterocycles. The SMILES string of the molecule is CCOC(=O)C=C(CBr)Oc1cccc(OC)c1OC. The summed E-state index contributed by atoms with van der Waals surface area (Å²) in [6, 6.07) is 5.25. The lowest BCUT2D eigenvalue weighted by molar-refractivity contribution is -0.137. The van der Waals surface area contributed by atoms with Crippen molar-refractivity contribution in [2.45, 2.75) is 6.92 Å². The number of carbonyl (C=O) groups is 1. The van der Waals surface area contributed by atoms with Crippen LogP contribution in [-0.4, -0.2) is 32.1 Å². The molecule has 110 valence electrons. The Balaban J connectivity index is 2.98. The van der Waals surface area contributed by atoms with Crippen molar-refractivity contribution in [3.8, 4) is 17.2 Å². The first kappa shape index (κ1) is 16.4. The van der Waals surface area contributed by atoms with Gasteiger partial charge >= 0.3 is 5.97 Å². The summed E-state index contributed by atoms with van der Waals surface area (Å²) in [5, 5.41) is 0.367. The third kappa shape index (κ3) is 4.45. The maximum Gasteiger partial charge on any atom is 0.334 e. The molecule has 0 heterocycles. The first-order chi connectivity index (χ1) is 9.65. The number of esters is 1. The predicted octanol–water partition coefficient (Wildman–Crippen LogP) is 2.92. The van der Waals surface area contributed by atoms with E-state index in [1.165, 1.54) is 13.2 Å². The summed E-state index contributed by atoms with van der Waals surface area (Å²) >= 11 is 3.26. The third-order valence-electron chi connectivity index (χ3n) is 2.31. The molecule has 0 N–H and O–H groups in total. The average molecular weight is 345 g/mol. The largest absolute Gasteiger partial charge is 0.493 e. The van der Waals surface area contributed by atoms with Gasteiger partial charge in [0.05, 0.1) is 32.2 Å². The number of methoxy groups -OCH3 is 2. The van der Waals surface area contributed by atoms with Gasteiger partial charge in [-0.2, -0.15) is 0 Å². The van der Waals surface area contributed by atoms with Gasteiger partial charge in [-0.25, -0.2) is 4.79 Å². The molecule has 1 rings (SSSR count). The maximum absolute atomic E-state index is 11.4. The van der Waals surface area contributed by atoms with Gasteiger partial charge in [-0.05, 0) is 19.1 Å². The smallest absolute Gasteiger partial charge is 0.334 e. The van der Waals surface area contributed by atoms with Crippen molar-refractivity contribution in [3.63, 3.8) is 0 Å². The minimum atomic E-state index is -0.455. The van der Waals surface area contributed by atoms with Gasteiger partial charge in [-0.1, -0.05) is 22.0 Å². The van der Waals surface area contributed by atoms with Gasteiger partial charge in [0, 0.05) is 0 Å². The number of allylic oxidation sites excluding steroid dienone is 1. The Labute approximate surface area is 126 Å². The number of hydrogen-bond acceptors (Lipinski definition) is 5. The zero-order chi connectivity index (χ0) is 15.0. The Kier molecular flexibility index (Phi) is 6.93. The highest BCUT2D eigenvalue weighted by atomic mass is 79.9. The van der Waals surface area contributed by atoms with Crippen LogP contribution in [-0.2, 0) is 9.53 Å². The molecule has 0 aliphatic heterocycles. The van der Waals surface area contributed by atoms with E-state index in [0.717, 1.165) is 0 Å². The molecule has 0 spiro atoms. The molecule has 20 heavy (non-hydrogen) atoms. The Hall–Kier alpha value is -1.69. The quantitative estimate of drug-likeness (QED) is 0.329. The first-order valence-electron chi connectivity index (χ1n) is 5.98. The molecule has 0 atom stereocenters. The topological polar surface area (TPSA) is 54.0 Å². The fourth-order valence-corrected chi connectivity index (χ4v) is 1.77. The van der Waals surface area contributed by atoms with Gasteiger partial charge in [-0.3, -0.25) is 0 Å². The molecule has 0 bridgehead atoms. The van der Waals surface area contributed by atoms with E-state index in [9.17, 15) is 4.79 Å². The van der Waals surface area contributed by atoms with Crippen molar-refractivity contribution in [3.05, 3.63) is 30.0 Å². The molecule has 0 fully saturated rings. The van der Waals surface area contributed by atoms with Crippen LogP contribution in [0.3, 0.4) is 0 Å². The van der Waals surface area contributed by atoms with Crippen molar-refractivity contribution < 1.29 is 23.7 Å². The summed E-state index contributed by atoms with van der Waals surface area (Å²) in [6.07, 6.45) is 1.29. The van der Waals surface area contributed by atoms with E-state index in [2.05, 4.69) is 15.9 Å². The van der Waals surface area contributed by atoms with Gasteiger partial charge in [-0.15, -0.1) is 0 Å². The molecular weight excluding hydrogens is 328 g/mol. The number of para-hydroxylation sites is 1. The molecule has 6 heteroatoms. The van der Waals surface area contributed by atoms with Crippen LogP contribution < -0.4 is 14.2 Å². The minimum Gasteiger partial charge on any atom is -0.493 e. The van der Waals surface area contributed by atoms with Gasteiger partial charge in [0.1, 0.15) is 5.76 Å². The zero-order valence-electron chi connectivity index (χ0n) is 11.6. The third-order valence-corrected chi connectivity index (χ3v) is 2.86. The van der Waals surface area contributed by atoms with Crippen LogP contribution in [0.4, 0.5) is 0 Å². The molecule has 5 nitrogen and oxygen atoms in total. The number of benzene rings is 1. The van der Waals surface area contributed by atoms with Crippen molar-refractivity contribution >= 4 is 21.9 Å². The highest BCUT2D eigenvalue weighted by Gasteiger charge is 2.13. The summed E-state index contributed by atoms with van der Waals surface area (Å²) in [7, 11) is 3.06. The van der Waals surface area contributed by atoms with E-state index in [0.29, 0.717) is 34.9 Å². The lowest BCUT2D eigenvalue weighted by atomic mass is 10.3. The second-order valence-corrected chi connectivity index (χ2v) is 4.15. The monoisotopic (exact) mass is 344 g/mol. The highest BCUT2D eigenvalue weighted by molar-refractivity contribution is 9.09. The van der Waals surface area contributed by atoms with Crippen LogP contribution in [0.1, 0.15) is 6.92 Å². The van der Waals surface area contributed by atoms with Gasteiger partial charge in [0.2, 0.25) is 5.75 Å². The highest BCUT2D eigenvalue weighted by Crippen LogP contribution is 2.37. The molecule has 1 aromatic rings. The predicted molar refractivity (Wildman–Crippen MR) is 78.7 cm³/mol. The fourth-order valence-electron chi connectivity index (χ4n) is 1.49. The summed E-state index contributed by atoms with van der Waals surface area (Å²) in [6.45, 7) is 2.05. The van der Waals surface area contributed by atoms with Gasteiger partial charge in [0.15, 0.2) is 11.5 Å². The van der Waals surface area contributed by atoms with E-state index in [1.54, 1.807) is 32.2 Å². The Bertz CT molecular complexity index is 484. The Morgan fingerprint density at radius 2 is 1.95 bits per heavy atom. The summed E-state index contributed by atoms with van der Waals surface area (Å²) < 4.78 is 20.9. The van der Waals surface area contributed by atoms with E-state index < -0.39 is 5.97 Å². The van der Waals surface area contributed by atoms with E-state index in [4.69, 9.17) is 18.9 Å². The van der Waals surface area contributed by atoms with E-state index in [1.807, 2.05) is 0 Å². The number of carbonyl (C=O) groups excluding carboxylic acids is 1. The molecule has 0 aliphatic carbocycles. The Morgan fingerprint density at radius 3 is 2.50 bits per heavy atom. The minimum absolute atomic E-state index is 0.313. The number of rotatable bonds is 7. The van der Waals surface area contributed by atoms with Crippen LogP contribution in [0.15, 0.2) is 30.0 Å². The number of ether oxygens (including phenoxy) is 4. The molecule has 0 radical (unpaired) electrons. The molecule has 0 amide bonds. The second kappa shape index (κ2) is 8.47. The maximum atomic E-state index is 11.4. The van der Waals surface area contributed by atoms with E-state index in [-0.39, 0.29) is 0 Å². The number of halogens is 1. The van der Waals surface area contributed by atoms with Crippen molar-refractivity contribution in [1.29, 1.82) is 0 Å². The van der Waals surface area contributed by atoms with Crippen molar-refractivity contribution in [2.24, 2.45) is 0 Å². The molecular formula is C14H17BrO5. The standard InChI is InChI=1S/C14H17BrO5/c1-4-19-13(16)8-10(9-15)20-12-7-5-6-11(17-2)14(12)18-3/h5-8H,4,9H2,1-3H3. The molecule has 0 aromatic heterocycles.